The molecule has 0 radical (unpaired) electrons. The number of rotatable bonds is 4. The van der Waals surface area contributed by atoms with E-state index in [2.05, 4.69) is 4.74 Å². The molecule has 1 aliphatic rings. The average Bonchev–Trinajstić information content (AvgIpc) is 3.07. The van der Waals surface area contributed by atoms with Crippen molar-refractivity contribution in [3.8, 4) is 0 Å². The summed E-state index contributed by atoms with van der Waals surface area (Å²) in [6.45, 7) is 0. The van der Waals surface area contributed by atoms with Crippen LogP contribution >= 0.6 is 0 Å². The second kappa shape index (κ2) is 6.65. The van der Waals surface area contributed by atoms with Crippen molar-refractivity contribution >= 4 is 17.8 Å². The molecular weight excluding hydrogens is 292 g/mol. The maximum atomic E-state index is 12.3. The molecule has 0 saturated carbocycles. The van der Waals surface area contributed by atoms with Gasteiger partial charge in [-0.05, 0) is 61.1 Å². The monoisotopic (exact) mass is 310 g/mol. The summed E-state index contributed by atoms with van der Waals surface area (Å²) in [4.78, 5) is 23.9. The van der Waals surface area contributed by atoms with Crippen LogP contribution in [0.3, 0.4) is 0 Å². The number of ether oxygens (including phenoxy) is 1. The summed E-state index contributed by atoms with van der Waals surface area (Å²) in [6, 6.07) is 7.53. The lowest BCUT2D eigenvalue weighted by atomic mass is 9.90. The summed E-state index contributed by atoms with van der Waals surface area (Å²) in [5.74, 6) is -0.548. The van der Waals surface area contributed by atoms with Gasteiger partial charge in [-0.2, -0.15) is 0 Å². The molecule has 23 heavy (non-hydrogen) atoms. The van der Waals surface area contributed by atoms with Crippen molar-refractivity contribution in [1.82, 2.24) is 0 Å². The number of ketones is 1. The molecule has 0 unspecified atom stereocenters. The van der Waals surface area contributed by atoms with Gasteiger partial charge in [0.25, 0.3) is 0 Å². The molecule has 0 N–H and O–H groups in total. The van der Waals surface area contributed by atoms with Crippen LogP contribution in [0.5, 0.6) is 0 Å². The fourth-order valence-corrected chi connectivity index (χ4v) is 2.86. The molecule has 0 fully saturated rings. The molecule has 0 aliphatic heterocycles. The molecule has 0 amide bonds. The van der Waals surface area contributed by atoms with Crippen LogP contribution in [-0.4, -0.2) is 18.9 Å². The van der Waals surface area contributed by atoms with Gasteiger partial charge < -0.3 is 9.15 Å². The number of benzene rings is 1. The number of hydrogen-bond acceptors (Lipinski definition) is 4. The van der Waals surface area contributed by atoms with Gasteiger partial charge in [0.1, 0.15) is 0 Å². The number of carbonyl (C=O) groups is 2. The minimum absolute atomic E-state index is 0.0876. The van der Waals surface area contributed by atoms with Gasteiger partial charge in [0.15, 0.2) is 5.78 Å². The summed E-state index contributed by atoms with van der Waals surface area (Å²) < 4.78 is 9.73. The van der Waals surface area contributed by atoms with Crippen LogP contribution in [0.15, 0.2) is 41.0 Å². The highest BCUT2D eigenvalue weighted by atomic mass is 16.5. The van der Waals surface area contributed by atoms with E-state index in [1.807, 2.05) is 18.2 Å². The molecule has 1 aliphatic carbocycles. The summed E-state index contributed by atoms with van der Waals surface area (Å²) in [5.41, 5.74) is 3.82. The molecule has 1 heterocycles. The molecule has 1 aromatic heterocycles. The van der Waals surface area contributed by atoms with Crippen LogP contribution in [-0.2, 0) is 17.6 Å². The van der Waals surface area contributed by atoms with Crippen molar-refractivity contribution < 1.29 is 18.7 Å². The number of furan rings is 1. The van der Waals surface area contributed by atoms with Crippen LogP contribution in [0.25, 0.3) is 6.08 Å². The first kappa shape index (κ1) is 15.3. The number of methoxy groups -OCH3 is 1. The number of hydrogen-bond donors (Lipinski definition) is 0. The van der Waals surface area contributed by atoms with Gasteiger partial charge in [0.2, 0.25) is 5.76 Å². The van der Waals surface area contributed by atoms with Crippen LogP contribution in [0.2, 0.25) is 0 Å². The topological polar surface area (TPSA) is 56.5 Å². The second-order valence-corrected chi connectivity index (χ2v) is 5.58. The van der Waals surface area contributed by atoms with Crippen molar-refractivity contribution in [2.45, 2.75) is 25.7 Å². The van der Waals surface area contributed by atoms with Gasteiger partial charge in [0, 0.05) is 11.1 Å². The second-order valence-electron chi connectivity index (χ2n) is 5.58. The molecule has 0 atom stereocenters. The Morgan fingerprint density at radius 2 is 1.91 bits per heavy atom. The number of aryl methyl sites for hydroxylation is 2. The SMILES string of the molecule is COC(=O)c1occc1/C=C/C(=O)c1ccc2c(c1)CCCC2. The van der Waals surface area contributed by atoms with Crippen LogP contribution < -0.4 is 0 Å². The van der Waals surface area contributed by atoms with E-state index < -0.39 is 5.97 Å². The van der Waals surface area contributed by atoms with E-state index >= 15 is 0 Å². The van der Waals surface area contributed by atoms with E-state index in [1.165, 1.54) is 43.4 Å². The minimum atomic E-state index is -0.559. The van der Waals surface area contributed by atoms with Crippen molar-refractivity contribution in [3.05, 3.63) is 64.6 Å². The normalized spacial score (nSPS) is 13.8. The predicted molar refractivity (Wildman–Crippen MR) is 86.5 cm³/mol. The molecular formula is C19H18O4. The number of esters is 1. The smallest absolute Gasteiger partial charge is 0.374 e. The standard InChI is InChI=1S/C19H18O4/c1-22-19(21)18-14(10-11-23-18)8-9-17(20)16-7-6-13-4-2-3-5-15(13)12-16/h6-12H,2-5H2,1H3/b9-8+. The molecule has 0 saturated heterocycles. The molecule has 0 bridgehead atoms. The zero-order chi connectivity index (χ0) is 16.2. The van der Waals surface area contributed by atoms with Crippen molar-refractivity contribution in [2.75, 3.05) is 7.11 Å². The average molecular weight is 310 g/mol. The molecule has 118 valence electrons. The van der Waals surface area contributed by atoms with Gasteiger partial charge in [-0.3, -0.25) is 4.79 Å². The summed E-state index contributed by atoms with van der Waals surface area (Å²) in [7, 11) is 1.29. The predicted octanol–water partition coefficient (Wildman–Crippen LogP) is 3.84. The first-order chi connectivity index (χ1) is 11.2. The van der Waals surface area contributed by atoms with Gasteiger partial charge in [-0.15, -0.1) is 0 Å². The van der Waals surface area contributed by atoms with Gasteiger partial charge in [-0.25, -0.2) is 4.79 Å². The Kier molecular flexibility index (Phi) is 4.42. The maximum absolute atomic E-state index is 12.3. The van der Waals surface area contributed by atoms with Crippen molar-refractivity contribution in [3.63, 3.8) is 0 Å². The van der Waals surface area contributed by atoms with Gasteiger partial charge in [-0.1, -0.05) is 12.1 Å². The lowest BCUT2D eigenvalue weighted by molar-refractivity contribution is 0.0564. The zero-order valence-corrected chi connectivity index (χ0v) is 13.0. The van der Waals surface area contributed by atoms with E-state index in [0.717, 1.165) is 12.8 Å². The molecule has 3 rings (SSSR count). The minimum Gasteiger partial charge on any atom is -0.463 e. The Labute approximate surface area is 134 Å². The van der Waals surface area contributed by atoms with E-state index in [1.54, 1.807) is 12.1 Å². The first-order valence-corrected chi connectivity index (χ1v) is 7.69. The molecule has 0 spiro atoms. The van der Waals surface area contributed by atoms with E-state index in [-0.39, 0.29) is 11.5 Å². The number of allylic oxidation sites excluding steroid dienone is 1. The quantitative estimate of drug-likeness (QED) is 0.489. The zero-order valence-electron chi connectivity index (χ0n) is 13.0. The highest BCUT2D eigenvalue weighted by Crippen LogP contribution is 2.23. The van der Waals surface area contributed by atoms with Crippen LogP contribution in [0.1, 0.15) is 50.4 Å². The third-order valence-corrected chi connectivity index (χ3v) is 4.11. The number of fused-ring (bicyclic) bond motifs is 1. The molecule has 4 heteroatoms. The van der Waals surface area contributed by atoms with Gasteiger partial charge in [0.05, 0.1) is 13.4 Å². The number of carbonyl (C=O) groups excluding carboxylic acids is 2. The summed E-state index contributed by atoms with van der Waals surface area (Å²) in [5, 5.41) is 0. The molecule has 2 aromatic rings. The molecule has 1 aromatic carbocycles. The highest BCUT2D eigenvalue weighted by Gasteiger charge is 2.15. The fourth-order valence-electron chi connectivity index (χ4n) is 2.86. The van der Waals surface area contributed by atoms with Gasteiger partial charge >= 0.3 is 5.97 Å². The lowest BCUT2D eigenvalue weighted by Crippen LogP contribution is -2.05. The van der Waals surface area contributed by atoms with Crippen molar-refractivity contribution in [2.24, 2.45) is 0 Å². The summed E-state index contributed by atoms with van der Waals surface area (Å²) >= 11 is 0. The Morgan fingerprint density at radius 1 is 1.13 bits per heavy atom. The first-order valence-electron chi connectivity index (χ1n) is 7.69. The van der Waals surface area contributed by atoms with Crippen molar-refractivity contribution in [1.29, 1.82) is 0 Å². The summed E-state index contributed by atoms with van der Waals surface area (Å²) in [6.07, 6.45) is 8.97. The third kappa shape index (κ3) is 3.26. The Bertz CT molecular complexity index is 767. The maximum Gasteiger partial charge on any atom is 0.374 e. The van der Waals surface area contributed by atoms with E-state index in [9.17, 15) is 9.59 Å². The molecule has 4 nitrogen and oxygen atoms in total. The largest absolute Gasteiger partial charge is 0.463 e. The Hall–Kier alpha value is -2.62. The van der Waals surface area contributed by atoms with E-state index in [0.29, 0.717) is 11.1 Å². The Morgan fingerprint density at radius 3 is 2.70 bits per heavy atom. The van der Waals surface area contributed by atoms with Crippen LogP contribution in [0, 0.1) is 0 Å². The van der Waals surface area contributed by atoms with E-state index in [4.69, 9.17) is 4.42 Å². The third-order valence-electron chi connectivity index (χ3n) is 4.11. The lowest BCUT2D eigenvalue weighted by Gasteiger charge is -2.15. The highest BCUT2D eigenvalue weighted by molar-refractivity contribution is 6.07. The fraction of sp³-hybridized carbons (Fsp3) is 0.263. The Balaban J connectivity index is 1.79. The van der Waals surface area contributed by atoms with Crippen LogP contribution in [0.4, 0.5) is 0 Å².